The lowest BCUT2D eigenvalue weighted by Crippen LogP contribution is -2.30. The maximum absolute atomic E-state index is 12.9. The fraction of sp³-hybridized carbons (Fsp3) is 0.758. The van der Waals surface area contributed by atoms with E-state index in [1.807, 2.05) is 0 Å². The highest BCUT2D eigenvalue weighted by atomic mass is 16.6. The highest BCUT2D eigenvalue weighted by molar-refractivity contribution is 5.71. The second-order valence-electron chi connectivity index (χ2n) is 19.2. The van der Waals surface area contributed by atoms with Crippen molar-refractivity contribution >= 4 is 17.9 Å². The van der Waals surface area contributed by atoms with Gasteiger partial charge in [0.2, 0.25) is 0 Å². The molecule has 6 heteroatoms. The number of unbranched alkanes of at least 4 members (excludes halogenated alkanes) is 29. The van der Waals surface area contributed by atoms with E-state index in [4.69, 9.17) is 14.2 Å². The van der Waals surface area contributed by atoms with Gasteiger partial charge in [-0.2, -0.15) is 0 Å². The second-order valence-corrected chi connectivity index (χ2v) is 19.2. The van der Waals surface area contributed by atoms with Crippen molar-refractivity contribution in [3.8, 4) is 0 Å². The van der Waals surface area contributed by atoms with Crippen LogP contribution < -0.4 is 0 Å². The Labute approximate surface area is 421 Å². The second kappa shape index (κ2) is 56.4. The fourth-order valence-corrected chi connectivity index (χ4v) is 8.06. The lowest BCUT2D eigenvalue weighted by atomic mass is 10.1. The molecule has 0 N–H and O–H groups in total. The SMILES string of the molecule is CC/C=C\C/C=C\C/C=C\CCCCCCCCCC(=O)OC(COC(=O)CCCCCCC/C=C\C/C=C\CCCC)COC(=O)CCCCCCCCCCC/C=C\CCCCCCCC. The average Bonchev–Trinajstić information content (AvgIpc) is 3.34. The summed E-state index contributed by atoms with van der Waals surface area (Å²) in [5.41, 5.74) is 0. The van der Waals surface area contributed by atoms with Gasteiger partial charge in [-0.1, -0.05) is 235 Å². The van der Waals surface area contributed by atoms with Gasteiger partial charge in [0, 0.05) is 19.3 Å². The number of esters is 3. The molecule has 0 bridgehead atoms. The molecule has 0 radical (unpaired) electrons. The van der Waals surface area contributed by atoms with Crippen LogP contribution >= 0.6 is 0 Å². The summed E-state index contributed by atoms with van der Waals surface area (Å²) in [4.78, 5) is 38.2. The van der Waals surface area contributed by atoms with E-state index >= 15 is 0 Å². The van der Waals surface area contributed by atoms with Gasteiger partial charge in [0.1, 0.15) is 13.2 Å². The number of hydrogen-bond acceptors (Lipinski definition) is 6. The molecule has 1 unspecified atom stereocenters. The molecule has 0 heterocycles. The molecule has 0 fully saturated rings. The number of allylic oxidation sites excluding steroid dienone is 12. The van der Waals surface area contributed by atoms with Gasteiger partial charge in [-0.15, -0.1) is 0 Å². The van der Waals surface area contributed by atoms with Crippen LogP contribution in [0.2, 0.25) is 0 Å². The molecule has 0 amide bonds. The third-order valence-electron chi connectivity index (χ3n) is 12.4. The summed E-state index contributed by atoms with van der Waals surface area (Å²) in [6.07, 6.45) is 71.7. The predicted octanol–water partition coefficient (Wildman–Crippen LogP) is 19.4. The van der Waals surface area contributed by atoms with Crippen LogP contribution in [0.15, 0.2) is 72.9 Å². The van der Waals surface area contributed by atoms with Crippen LogP contribution in [-0.2, 0) is 28.6 Å². The lowest BCUT2D eigenvalue weighted by molar-refractivity contribution is -0.167. The molecule has 392 valence electrons. The monoisotopic (exact) mass is 949 g/mol. The molecular formula is C62H108O6. The van der Waals surface area contributed by atoms with Gasteiger partial charge >= 0.3 is 17.9 Å². The third kappa shape index (κ3) is 53.8. The van der Waals surface area contributed by atoms with Crippen molar-refractivity contribution in [2.24, 2.45) is 0 Å². The van der Waals surface area contributed by atoms with Crippen LogP contribution in [0.25, 0.3) is 0 Å². The Morgan fingerprint density at radius 1 is 0.309 bits per heavy atom. The molecule has 6 nitrogen and oxygen atoms in total. The van der Waals surface area contributed by atoms with Gasteiger partial charge in [-0.05, 0) is 103 Å². The van der Waals surface area contributed by atoms with Crippen LogP contribution in [0.4, 0.5) is 0 Å². The molecule has 0 spiro atoms. The Hall–Kier alpha value is -3.15. The van der Waals surface area contributed by atoms with E-state index in [1.165, 1.54) is 141 Å². The molecule has 0 saturated heterocycles. The van der Waals surface area contributed by atoms with E-state index in [0.29, 0.717) is 19.3 Å². The summed E-state index contributed by atoms with van der Waals surface area (Å²) in [7, 11) is 0. The molecule has 0 aromatic heterocycles. The zero-order valence-electron chi connectivity index (χ0n) is 44.9. The number of rotatable bonds is 52. The van der Waals surface area contributed by atoms with Crippen molar-refractivity contribution in [3.05, 3.63) is 72.9 Å². The topological polar surface area (TPSA) is 78.9 Å². The maximum atomic E-state index is 12.9. The molecule has 0 aliphatic carbocycles. The van der Waals surface area contributed by atoms with Crippen molar-refractivity contribution in [1.29, 1.82) is 0 Å². The molecular weight excluding hydrogens is 841 g/mol. The minimum atomic E-state index is -0.788. The van der Waals surface area contributed by atoms with E-state index in [1.54, 1.807) is 0 Å². The molecule has 0 rings (SSSR count). The number of carbonyl (C=O) groups is 3. The standard InChI is InChI=1S/C62H108O6/c1-4-7-10-13-16-19-22-25-28-30-31-33-34-37-40-43-46-49-52-55-61(64)67-58-59(57-66-60(63)54-51-48-45-42-39-36-27-24-21-18-15-12-9-6-3)68-62(65)56-53-50-47-44-41-38-35-32-29-26-23-20-17-14-11-8-5-2/h8,11,15,17-18,20,24-29,59H,4-7,9-10,12-14,16,19,21-23,30-58H2,1-3H3/b11-8-,18-15-,20-17-,27-24-,28-25-,29-26-. The summed E-state index contributed by atoms with van der Waals surface area (Å²) in [5, 5.41) is 0. The van der Waals surface area contributed by atoms with Crippen LogP contribution in [-0.4, -0.2) is 37.2 Å². The van der Waals surface area contributed by atoms with Gasteiger partial charge in [0.25, 0.3) is 0 Å². The van der Waals surface area contributed by atoms with Gasteiger partial charge in [-0.3, -0.25) is 14.4 Å². The summed E-state index contributed by atoms with van der Waals surface area (Å²) in [5.74, 6) is -0.903. The summed E-state index contributed by atoms with van der Waals surface area (Å²) in [6, 6.07) is 0. The lowest BCUT2D eigenvalue weighted by Gasteiger charge is -2.18. The van der Waals surface area contributed by atoms with E-state index in [0.717, 1.165) is 103 Å². The minimum absolute atomic E-state index is 0.0844. The quantitative estimate of drug-likeness (QED) is 0.0262. The van der Waals surface area contributed by atoms with Crippen LogP contribution in [0.1, 0.15) is 284 Å². The smallest absolute Gasteiger partial charge is 0.306 e. The van der Waals surface area contributed by atoms with Gasteiger partial charge in [-0.25, -0.2) is 0 Å². The largest absolute Gasteiger partial charge is 0.462 e. The minimum Gasteiger partial charge on any atom is -0.462 e. The molecule has 0 aromatic rings. The Morgan fingerprint density at radius 2 is 0.588 bits per heavy atom. The van der Waals surface area contributed by atoms with Crippen LogP contribution in [0, 0.1) is 0 Å². The normalized spacial score (nSPS) is 12.6. The van der Waals surface area contributed by atoms with E-state index < -0.39 is 6.10 Å². The Morgan fingerprint density at radius 3 is 0.956 bits per heavy atom. The maximum Gasteiger partial charge on any atom is 0.306 e. The Kier molecular flexibility index (Phi) is 53.8. The Bertz CT molecular complexity index is 1270. The van der Waals surface area contributed by atoms with Crippen molar-refractivity contribution in [2.45, 2.75) is 290 Å². The van der Waals surface area contributed by atoms with Gasteiger partial charge in [0.05, 0.1) is 0 Å². The molecule has 0 aromatic carbocycles. The zero-order chi connectivity index (χ0) is 49.3. The van der Waals surface area contributed by atoms with Gasteiger partial charge in [0.15, 0.2) is 6.10 Å². The van der Waals surface area contributed by atoms with E-state index in [-0.39, 0.29) is 31.1 Å². The first-order valence-electron chi connectivity index (χ1n) is 28.9. The summed E-state index contributed by atoms with van der Waals surface area (Å²) < 4.78 is 16.9. The zero-order valence-corrected chi connectivity index (χ0v) is 44.9. The summed E-state index contributed by atoms with van der Waals surface area (Å²) >= 11 is 0. The average molecular weight is 950 g/mol. The van der Waals surface area contributed by atoms with Crippen molar-refractivity contribution in [3.63, 3.8) is 0 Å². The van der Waals surface area contributed by atoms with Crippen molar-refractivity contribution in [2.75, 3.05) is 13.2 Å². The van der Waals surface area contributed by atoms with E-state index in [2.05, 4.69) is 93.7 Å². The third-order valence-corrected chi connectivity index (χ3v) is 12.4. The highest BCUT2D eigenvalue weighted by Crippen LogP contribution is 2.15. The van der Waals surface area contributed by atoms with Crippen molar-refractivity contribution in [1.82, 2.24) is 0 Å². The number of hydrogen-bond donors (Lipinski definition) is 0. The summed E-state index contributed by atoms with van der Waals surface area (Å²) in [6.45, 7) is 6.48. The van der Waals surface area contributed by atoms with Crippen LogP contribution in [0.3, 0.4) is 0 Å². The first-order valence-corrected chi connectivity index (χ1v) is 28.9. The number of ether oxygens (including phenoxy) is 3. The first kappa shape index (κ1) is 64.8. The molecule has 1 atom stereocenters. The predicted molar refractivity (Wildman–Crippen MR) is 293 cm³/mol. The van der Waals surface area contributed by atoms with Crippen LogP contribution in [0.5, 0.6) is 0 Å². The number of carbonyl (C=O) groups excluding carboxylic acids is 3. The molecule has 0 aliphatic heterocycles. The van der Waals surface area contributed by atoms with E-state index in [9.17, 15) is 14.4 Å². The molecule has 68 heavy (non-hydrogen) atoms. The first-order chi connectivity index (χ1) is 33.5. The van der Waals surface area contributed by atoms with Crippen molar-refractivity contribution < 1.29 is 28.6 Å². The fourth-order valence-electron chi connectivity index (χ4n) is 8.06. The highest BCUT2D eigenvalue weighted by Gasteiger charge is 2.19. The molecule has 0 saturated carbocycles. The molecule has 0 aliphatic rings. The Balaban J connectivity index is 4.39. The van der Waals surface area contributed by atoms with Gasteiger partial charge < -0.3 is 14.2 Å².